The number of halogens is 3. The topological polar surface area (TPSA) is 43.8 Å². The number of nitrogens with zero attached hydrogens (tertiary/aromatic N) is 2. The number of aliphatic carboxylic acids is 1. The Morgan fingerprint density at radius 1 is 1.24 bits per heavy atom. The van der Waals surface area contributed by atoms with E-state index in [-0.39, 0.29) is 5.56 Å². The predicted octanol–water partition coefficient (Wildman–Crippen LogP) is 2.08. The standard InChI is InChI=1S/C14H17F3N2O2/c1-18-5-7-19(8-6-18)12(13(20)21)10-3-2-4-11(9-10)14(15,16)17/h2-4,9,12H,5-8H2,1H3,(H,20,21). The van der Waals surface area contributed by atoms with E-state index in [1.165, 1.54) is 12.1 Å². The van der Waals surface area contributed by atoms with Gasteiger partial charge in [0, 0.05) is 26.2 Å². The van der Waals surface area contributed by atoms with Gasteiger partial charge in [-0.15, -0.1) is 0 Å². The molecule has 1 aliphatic rings. The Morgan fingerprint density at radius 3 is 2.38 bits per heavy atom. The lowest BCUT2D eigenvalue weighted by molar-refractivity contribution is -0.145. The van der Waals surface area contributed by atoms with Gasteiger partial charge in [-0.2, -0.15) is 13.2 Å². The lowest BCUT2D eigenvalue weighted by Gasteiger charge is -2.36. The van der Waals surface area contributed by atoms with Gasteiger partial charge in [0.2, 0.25) is 0 Å². The first-order chi connectivity index (χ1) is 9.79. The molecule has 21 heavy (non-hydrogen) atoms. The van der Waals surface area contributed by atoms with Crippen LogP contribution in [0.5, 0.6) is 0 Å². The molecule has 2 rings (SSSR count). The quantitative estimate of drug-likeness (QED) is 0.928. The molecule has 1 saturated heterocycles. The number of carbonyl (C=O) groups is 1. The van der Waals surface area contributed by atoms with E-state index >= 15 is 0 Å². The number of hydrogen-bond acceptors (Lipinski definition) is 3. The van der Waals surface area contributed by atoms with E-state index in [2.05, 4.69) is 4.90 Å². The number of alkyl halides is 3. The summed E-state index contributed by atoms with van der Waals surface area (Å²) in [6, 6.07) is 3.53. The second-order valence-corrected chi connectivity index (χ2v) is 5.20. The van der Waals surface area contributed by atoms with E-state index in [0.717, 1.165) is 12.1 Å². The van der Waals surface area contributed by atoms with Crippen LogP contribution in [-0.2, 0) is 11.0 Å². The van der Waals surface area contributed by atoms with E-state index in [1.54, 1.807) is 4.90 Å². The van der Waals surface area contributed by atoms with Crippen molar-refractivity contribution in [1.82, 2.24) is 9.80 Å². The summed E-state index contributed by atoms with van der Waals surface area (Å²) in [4.78, 5) is 15.3. The van der Waals surface area contributed by atoms with Gasteiger partial charge in [-0.3, -0.25) is 9.69 Å². The summed E-state index contributed by atoms with van der Waals surface area (Å²) in [5.74, 6) is -1.13. The summed E-state index contributed by atoms with van der Waals surface area (Å²) in [6.07, 6.45) is -4.47. The molecule has 1 fully saturated rings. The molecule has 0 amide bonds. The molecule has 7 heteroatoms. The predicted molar refractivity (Wildman–Crippen MR) is 70.9 cm³/mol. The molecule has 0 bridgehead atoms. The van der Waals surface area contributed by atoms with Crippen LogP contribution in [0.25, 0.3) is 0 Å². The maximum absolute atomic E-state index is 12.8. The van der Waals surface area contributed by atoms with Gasteiger partial charge in [0.1, 0.15) is 6.04 Å². The van der Waals surface area contributed by atoms with Crippen LogP contribution >= 0.6 is 0 Å². The Hall–Kier alpha value is -1.60. The SMILES string of the molecule is CN1CCN(C(C(=O)O)c2cccc(C(F)(F)F)c2)CC1. The van der Waals surface area contributed by atoms with E-state index in [4.69, 9.17) is 0 Å². The van der Waals surface area contributed by atoms with Crippen molar-refractivity contribution < 1.29 is 23.1 Å². The van der Waals surface area contributed by atoms with Crippen LogP contribution in [0, 0.1) is 0 Å². The lowest BCUT2D eigenvalue weighted by Crippen LogP contribution is -2.47. The van der Waals surface area contributed by atoms with Crippen LogP contribution in [-0.4, -0.2) is 54.1 Å². The van der Waals surface area contributed by atoms with Crippen LogP contribution < -0.4 is 0 Å². The van der Waals surface area contributed by atoms with Crippen molar-refractivity contribution in [3.8, 4) is 0 Å². The van der Waals surface area contributed by atoms with Crippen molar-refractivity contribution in [2.75, 3.05) is 33.2 Å². The van der Waals surface area contributed by atoms with E-state index in [9.17, 15) is 23.1 Å². The first kappa shape index (κ1) is 15.8. The largest absolute Gasteiger partial charge is 0.480 e. The molecule has 0 radical (unpaired) electrons. The Bertz CT molecular complexity index is 511. The third-order valence-electron chi connectivity index (χ3n) is 3.67. The fourth-order valence-corrected chi connectivity index (χ4v) is 2.47. The molecule has 0 saturated carbocycles. The third kappa shape index (κ3) is 3.74. The van der Waals surface area contributed by atoms with Crippen molar-refractivity contribution in [1.29, 1.82) is 0 Å². The van der Waals surface area contributed by atoms with Gasteiger partial charge >= 0.3 is 12.1 Å². The number of carboxylic acids is 1. The van der Waals surface area contributed by atoms with Gasteiger partial charge in [0.05, 0.1) is 5.56 Å². The van der Waals surface area contributed by atoms with E-state index in [1.807, 2.05) is 7.05 Å². The third-order valence-corrected chi connectivity index (χ3v) is 3.67. The average molecular weight is 302 g/mol. The minimum absolute atomic E-state index is 0.168. The van der Waals surface area contributed by atoms with Gasteiger partial charge < -0.3 is 10.0 Å². The molecule has 1 N–H and O–H groups in total. The molecule has 1 heterocycles. The Balaban J connectivity index is 2.28. The maximum Gasteiger partial charge on any atom is 0.416 e. The summed E-state index contributed by atoms with van der Waals surface area (Å²) in [7, 11) is 1.93. The lowest BCUT2D eigenvalue weighted by atomic mass is 10.0. The van der Waals surface area contributed by atoms with E-state index in [0.29, 0.717) is 26.2 Å². The summed E-state index contributed by atoms with van der Waals surface area (Å²) in [5, 5.41) is 9.40. The zero-order valence-electron chi connectivity index (χ0n) is 11.6. The van der Waals surface area contributed by atoms with Crippen molar-refractivity contribution >= 4 is 5.97 Å². The number of carboxylic acid groups (broad SMARTS) is 1. The summed E-state index contributed by atoms with van der Waals surface area (Å²) in [5.41, 5.74) is -0.651. The minimum atomic E-state index is -4.47. The highest BCUT2D eigenvalue weighted by molar-refractivity contribution is 5.75. The van der Waals surface area contributed by atoms with Crippen molar-refractivity contribution in [2.24, 2.45) is 0 Å². The first-order valence-electron chi connectivity index (χ1n) is 6.61. The zero-order chi connectivity index (χ0) is 15.6. The molecule has 0 spiro atoms. The van der Waals surface area contributed by atoms with Gasteiger partial charge in [0.25, 0.3) is 0 Å². The van der Waals surface area contributed by atoms with Crippen LogP contribution in [0.1, 0.15) is 17.2 Å². The van der Waals surface area contributed by atoms with Gasteiger partial charge in [-0.1, -0.05) is 12.1 Å². The van der Waals surface area contributed by atoms with Crippen LogP contribution in [0.15, 0.2) is 24.3 Å². The first-order valence-corrected chi connectivity index (χ1v) is 6.61. The molecule has 4 nitrogen and oxygen atoms in total. The zero-order valence-corrected chi connectivity index (χ0v) is 11.6. The summed E-state index contributed by atoms with van der Waals surface area (Å²) < 4.78 is 38.3. The highest BCUT2D eigenvalue weighted by Crippen LogP contribution is 2.32. The van der Waals surface area contributed by atoms with Crippen molar-refractivity contribution in [3.63, 3.8) is 0 Å². The van der Waals surface area contributed by atoms with Crippen molar-refractivity contribution in [2.45, 2.75) is 12.2 Å². The summed E-state index contributed by atoms with van der Waals surface area (Å²) in [6.45, 7) is 2.43. The molecular formula is C14H17F3N2O2. The van der Waals surface area contributed by atoms with Crippen LogP contribution in [0.2, 0.25) is 0 Å². The fourth-order valence-electron chi connectivity index (χ4n) is 2.47. The van der Waals surface area contributed by atoms with Gasteiger partial charge in [-0.25, -0.2) is 0 Å². The minimum Gasteiger partial charge on any atom is -0.480 e. The average Bonchev–Trinajstić information content (AvgIpc) is 2.40. The number of piperazine rings is 1. The maximum atomic E-state index is 12.8. The molecule has 1 aromatic carbocycles. The number of rotatable bonds is 3. The molecule has 1 aromatic rings. The number of hydrogen-bond donors (Lipinski definition) is 1. The van der Waals surface area contributed by atoms with Gasteiger partial charge in [-0.05, 0) is 24.7 Å². The van der Waals surface area contributed by atoms with E-state index < -0.39 is 23.8 Å². The highest BCUT2D eigenvalue weighted by Gasteiger charge is 2.34. The normalized spacial score (nSPS) is 19.4. The van der Waals surface area contributed by atoms with Gasteiger partial charge in [0.15, 0.2) is 0 Å². The molecule has 116 valence electrons. The molecule has 0 aromatic heterocycles. The second kappa shape index (κ2) is 6.03. The molecule has 1 unspecified atom stereocenters. The molecule has 1 atom stereocenters. The Labute approximate surface area is 120 Å². The second-order valence-electron chi connectivity index (χ2n) is 5.20. The van der Waals surface area contributed by atoms with Crippen molar-refractivity contribution in [3.05, 3.63) is 35.4 Å². The Morgan fingerprint density at radius 2 is 1.86 bits per heavy atom. The fraction of sp³-hybridized carbons (Fsp3) is 0.500. The smallest absolute Gasteiger partial charge is 0.416 e. The number of benzene rings is 1. The summed E-state index contributed by atoms with van der Waals surface area (Å²) >= 11 is 0. The van der Waals surface area contributed by atoms with Crippen LogP contribution in [0.4, 0.5) is 13.2 Å². The Kier molecular flexibility index (Phi) is 4.53. The van der Waals surface area contributed by atoms with Crippen LogP contribution in [0.3, 0.4) is 0 Å². The number of likely N-dealkylation sites (N-methyl/N-ethyl adjacent to an activating group) is 1. The monoisotopic (exact) mass is 302 g/mol. The molecule has 0 aliphatic carbocycles. The highest BCUT2D eigenvalue weighted by atomic mass is 19.4. The molecule has 1 aliphatic heterocycles. The molecular weight excluding hydrogens is 285 g/mol.